The maximum absolute atomic E-state index is 13.0. The van der Waals surface area contributed by atoms with Gasteiger partial charge in [-0.05, 0) is 43.7 Å². The molecule has 0 amide bonds. The van der Waals surface area contributed by atoms with Gasteiger partial charge in [0.1, 0.15) is 5.82 Å². The molecule has 3 nitrogen and oxygen atoms in total. The lowest BCUT2D eigenvalue weighted by Crippen LogP contribution is -2.18. The molecule has 0 unspecified atom stereocenters. The van der Waals surface area contributed by atoms with Gasteiger partial charge in [-0.25, -0.2) is 9.37 Å². The molecule has 0 atom stereocenters. The molecule has 1 aromatic heterocycles. The first-order valence-corrected chi connectivity index (χ1v) is 8.10. The van der Waals surface area contributed by atoms with E-state index in [1.807, 2.05) is 6.20 Å². The molecular formula is C16H22FN3S. The molecule has 0 fully saturated rings. The Bertz CT molecular complexity index is 551. The van der Waals surface area contributed by atoms with Crippen molar-refractivity contribution in [2.75, 3.05) is 18.0 Å². The van der Waals surface area contributed by atoms with Crippen molar-refractivity contribution in [2.24, 2.45) is 5.92 Å². The van der Waals surface area contributed by atoms with E-state index >= 15 is 0 Å². The van der Waals surface area contributed by atoms with Gasteiger partial charge in [0.05, 0.1) is 0 Å². The number of nitrogens with zero attached hydrogens (tertiary/aromatic N) is 2. The monoisotopic (exact) mass is 307 g/mol. The lowest BCUT2D eigenvalue weighted by Gasteiger charge is -2.19. The fourth-order valence-corrected chi connectivity index (χ4v) is 3.00. The first kappa shape index (κ1) is 15.9. The van der Waals surface area contributed by atoms with Crippen molar-refractivity contribution in [3.8, 4) is 0 Å². The summed E-state index contributed by atoms with van der Waals surface area (Å²) in [5.74, 6) is 0.427. The molecule has 0 aliphatic carbocycles. The average Bonchev–Trinajstić information content (AvgIpc) is 2.90. The standard InChI is InChI=1S/C16H22FN3S/c1-4-20(14-7-5-13(17)6-8-14)16-19-11-15(21-16)10-18-9-12(2)3/h5-8,11-12,18H,4,9-10H2,1-3H3. The minimum atomic E-state index is -0.215. The summed E-state index contributed by atoms with van der Waals surface area (Å²) in [6, 6.07) is 6.54. The van der Waals surface area contributed by atoms with Crippen LogP contribution in [0.1, 0.15) is 25.6 Å². The Labute approximate surface area is 129 Å². The van der Waals surface area contributed by atoms with E-state index in [0.717, 1.165) is 30.5 Å². The van der Waals surface area contributed by atoms with Crippen LogP contribution in [-0.2, 0) is 6.54 Å². The second-order valence-corrected chi connectivity index (χ2v) is 6.45. The molecule has 0 aliphatic rings. The van der Waals surface area contributed by atoms with E-state index in [9.17, 15) is 4.39 Å². The molecule has 0 saturated heterocycles. The van der Waals surface area contributed by atoms with Crippen molar-refractivity contribution >= 4 is 22.2 Å². The van der Waals surface area contributed by atoms with Gasteiger partial charge in [0.25, 0.3) is 0 Å². The zero-order chi connectivity index (χ0) is 15.2. The van der Waals surface area contributed by atoms with Gasteiger partial charge in [0.2, 0.25) is 0 Å². The molecular weight excluding hydrogens is 285 g/mol. The largest absolute Gasteiger partial charge is 0.318 e. The molecule has 1 heterocycles. The van der Waals surface area contributed by atoms with Crippen LogP contribution in [0.15, 0.2) is 30.5 Å². The predicted molar refractivity (Wildman–Crippen MR) is 87.7 cm³/mol. The van der Waals surface area contributed by atoms with Crippen LogP contribution in [-0.4, -0.2) is 18.1 Å². The van der Waals surface area contributed by atoms with Crippen molar-refractivity contribution < 1.29 is 4.39 Å². The third-order valence-corrected chi connectivity index (χ3v) is 4.10. The number of rotatable bonds is 7. The van der Waals surface area contributed by atoms with E-state index in [1.54, 1.807) is 23.5 Å². The van der Waals surface area contributed by atoms with Crippen molar-refractivity contribution in [1.82, 2.24) is 10.3 Å². The molecule has 0 saturated carbocycles. The smallest absolute Gasteiger partial charge is 0.190 e. The summed E-state index contributed by atoms with van der Waals surface area (Å²) in [5.41, 5.74) is 0.968. The number of benzene rings is 1. The highest BCUT2D eigenvalue weighted by atomic mass is 32.1. The summed E-state index contributed by atoms with van der Waals surface area (Å²) < 4.78 is 13.0. The number of anilines is 2. The van der Waals surface area contributed by atoms with Gasteiger partial charge >= 0.3 is 0 Å². The van der Waals surface area contributed by atoms with Crippen LogP contribution < -0.4 is 10.2 Å². The molecule has 2 rings (SSSR count). The van der Waals surface area contributed by atoms with Gasteiger partial charge in [-0.2, -0.15) is 0 Å². The molecule has 0 aliphatic heterocycles. The highest BCUT2D eigenvalue weighted by Gasteiger charge is 2.12. The number of nitrogens with one attached hydrogen (secondary N) is 1. The number of thiazole rings is 1. The van der Waals surface area contributed by atoms with Gasteiger partial charge < -0.3 is 10.2 Å². The Kier molecular flexibility index (Phi) is 5.70. The summed E-state index contributed by atoms with van der Waals surface area (Å²) in [6.07, 6.45) is 1.92. The summed E-state index contributed by atoms with van der Waals surface area (Å²) in [7, 11) is 0. The molecule has 5 heteroatoms. The Morgan fingerprint density at radius 2 is 2.00 bits per heavy atom. The van der Waals surface area contributed by atoms with E-state index in [-0.39, 0.29) is 5.82 Å². The number of halogens is 1. The summed E-state index contributed by atoms with van der Waals surface area (Å²) in [5, 5.41) is 4.37. The van der Waals surface area contributed by atoms with E-state index in [0.29, 0.717) is 5.92 Å². The van der Waals surface area contributed by atoms with Crippen molar-refractivity contribution in [1.29, 1.82) is 0 Å². The maximum atomic E-state index is 13.0. The molecule has 1 N–H and O–H groups in total. The van der Waals surface area contributed by atoms with Gasteiger partial charge in [-0.3, -0.25) is 0 Å². The molecule has 0 radical (unpaired) electrons. The zero-order valence-corrected chi connectivity index (χ0v) is 13.6. The number of aromatic nitrogens is 1. The maximum Gasteiger partial charge on any atom is 0.190 e. The average molecular weight is 307 g/mol. The first-order valence-electron chi connectivity index (χ1n) is 7.28. The molecule has 21 heavy (non-hydrogen) atoms. The van der Waals surface area contributed by atoms with E-state index in [1.165, 1.54) is 17.0 Å². The van der Waals surface area contributed by atoms with Crippen molar-refractivity contribution in [3.05, 3.63) is 41.2 Å². The molecule has 0 bridgehead atoms. The Hall–Kier alpha value is -1.46. The predicted octanol–water partition coefficient (Wildman–Crippen LogP) is 4.19. The van der Waals surface area contributed by atoms with Crippen LogP contribution in [0.5, 0.6) is 0 Å². The van der Waals surface area contributed by atoms with Gasteiger partial charge in [0.15, 0.2) is 5.13 Å². The third kappa shape index (κ3) is 4.51. The van der Waals surface area contributed by atoms with Crippen LogP contribution in [0.4, 0.5) is 15.2 Å². The topological polar surface area (TPSA) is 28.2 Å². The molecule has 2 aromatic rings. The summed E-state index contributed by atoms with van der Waals surface area (Å²) in [4.78, 5) is 7.80. The minimum absolute atomic E-state index is 0.215. The van der Waals surface area contributed by atoms with Crippen molar-refractivity contribution in [3.63, 3.8) is 0 Å². The zero-order valence-electron chi connectivity index (χ0n) is 12.8. The quantitative estimate of drug-likeness (QED) is 0.831. The highest BCUT2D eigenvalue weighted by molar-refractivity contribution is 7.15. The van der Waals surface area contributed by atoms with Crippen LogP contribution in [0.2, 0.25) is 0 Å². The van der Waals surface area contributed by atoms with E-state index < -0.39 is 0 Å². The second kappa shape index (κ2) is 7.52. The minimum Gasteiger partial charge on any atom is -0.318 e. The van der Waals surface area contributed by atoms with Gasteiger partial charge in [-0.15, -0.1) is 11.3 Å². The normalized spacial score (nSPS) is 11.1. The summed E-state index contributed by atoms with van der Waals surface area (Å²) in [6.45, 7) is 9.11. The summed E-state index contributed by atoms with van der Waals surface area (Å²) >= 11 is 1.67. The van der Waals surface area contributed by atoms with Crippen LogP contribution in [0.25, 0.3) is 0 Å². The van der Waals surface area contributed by atoms with E-state index in [2.05, 4.69) is 36.0 Å². The van der Waals surface area contributed by atoms with Crippen molar-refractivity contribution in [2.45, 2.75) is 27.3 Å². The van der Waals surface area contributed by atoms with Crippen LogP contribution in [0, 0.1) is 11.7 Å². The fourth-order valence-electron chi connectivity index (χ4n) is 2.04. The SMILES string of the molecule is CCN(c1ccc(F)cc1)c1ncc(CNCC(C)C)s1. The first-order chi connectivity index (χ1) is 10.1. The number of hydrogen-bond donors (Lipinski definition) is 1. The van der Waals surface area contributed by atoms with Crippen LogP contribution in [0.3, 0.4) is 0 Å². The third-order valence-electron chi connectivity index (χ3n) is 3.08. The van der Waals surface area contributed by atoms with Gasteiger partial charge in [0, 0.05) is 29.9 Å². The van der Waals surface area contributed by atoms with Gasteiger partial charge in [-0.1, -0.05) is 13.8 Å². The Morgan fingerprint density at radius 1 is 1.29 bits per heavy atom. The Balaban J connectivity index is 2.05. The number of hydrogen-bond acceptors (Lipinski definition) is 4. The van der Waals surface area contributed by atoms with Crippen LogP contribution >= 0.6 is 11.3 Å². The Morgan fingerprint density at radius 3 is 2.62 bits per heavy atom. The second-order valence-electron chi connectivity index (χ2n) is 5.35. The fraction of sp³-hybridized carbons (Fsp3) is 0.438. The molecule has 0 spiro atoms. The lowest BCUT2D eigenvalue weighted by atomic mass is 10.2. The molecule has 114 valence electrons. The van der Waals surface area contributed by atoms with E-state index in [4.69, 9.17) is 0 Å². The molecule has 1 aromatic carbocycles. The highest BCUT2D eigenvalue weighted by Crippen LogP contribution is 2.29. The lowest BCUT2D eigenvalue weighted by molar-refractivity contribution is 0.554.